The van der Waals surface area contributed by atoms with Gasteiger partial charge >= 0.3 is 6.03 Å². The van der Waals surface area contributed by atoms with Crippen LogP contribution in [0.25, 0.3) is 11.4 Å². The summed E-state index contributed by atoms with van der Waals surface area (Å²) in [6, 6.07) is 7.21. The van der Waals surface area contributed by atoms with Crippen LogP contribution in [0.5, 0.6) is 0 Å². The number of thioether (sulfide) groups is 1. The molecule has 0 aromatic carbocycles. The van der Waals surface area contributed by atoms with Crippen molar-refractivity contribution in [3.05, 3.63) is 46.9 Å². The van der Waals surface area contributed by atoms with Crippen molar-refractivity contribution >= 4 is 35.0 Å². The molecule has 0 aliphatic heterocycles. The van der Waals surface area contributed by atoms with Crippen molar-refractivity contribution in [2.75, 3.05) is 12.3 Å². The highest BCUT2D eigenvalue weighted by atomic mass is 32.2. The molecule has 0 radical (unpaired) electrons. The van der Waals surface area contributed by atoms with Crippen LogP contribution in [-0.2, 0) is 17.8 Å². The Morgan fingerprint density at radius 1 is 1.21 bits per heavy atom. The van der Waals surface area contributed by atoms with Crippen LogP contribution < -0.4 is 10.6 Å². The van der Waals surface area contributed by atoms with Gasteiger partial charge in [-0.25, -0.2) is 4.79 Å². The lowest BCUT2D eigenvalue weighted by Gasteiger charge is -2.08. The monoisotopic (exact) mass is 416 g/mol. The molecule has 3 aromatic heterocycles. The Bertz CT molecular complexity index is 912. The van der Waals surface area contributed by atoms with Gasteiger partial charge < -0.3 is 9.88 Å². The summed E-state index contributed by atoms with van der Waals surface area (Å²) in [6.45, 7) is 3.13. The van der Waals surface area contributed by atoms with E-state index in [4.69, 9.17) is 0 Å². The van der Waals surface area contributed by atoms with E-state index in [1.54, 1.807) is 23.7 Å². The predicted molar refractivity (Wildman–Crippen MR) is 109 cm³/mol. The van der Waals surface area contributed by atoms with Crippen molar-refractivity contribution in [1.82, 2.24) is 30.4 Å². The molecule has 2 N–H and O–H groups in total. The Balaban J connectivity index is 1.47. The fraction of sp³-hybridized carbons (Fsp3) is 0.278. The van der Waals surface area contributed by atoms with Crippen molar-refractivity contribution in [2.24, 2.45) is 0 Å². The van der Waals surface area contributed by atoms with E-state index in [1.165, 1.54) is 16.6 Å². The van der Waals surface area contributed by atoms with Gasteiger partial charge in [-0.15, -0.1) is 21.5 Å². The summed E-state index contributed by atoms with van der Waals surface area (Å²) < 4.78 is 1.92. The van der Waals surface area contributed by atoms with E-state index in [-0.39, 0.29) is 11.7 Å². The van der Waals surface area contributed by atoms with E-state index in [0.29, 0.717) is 18.2 Å². The van der Waals surface area contributed by atoms with Gasteiger partial charge in [0.15, 0.2) is 11.0 Å². The normalized spacial score (nSPS) is 10.6. The lowest BCUT2D eigenvalue weighted by molar-refractivity contribution is -0.117. The molecule has 0 bridgehead atoms. The van der Waals surface area contributed by atoms with E-state index < -0.39 is 6.03 Å². The van der Waals surface area contributed by atoms with Gasteiger partial charge in [0, 0.05) is 35.9 Å². The molecule has 0 saturated heterocycles. The van der Waals surface area contributed by atoms with Gasteiger partial charge in [0.1, 0.15) is 0 Å². The Morgan fingerprint density at radius 3 is 2.75 bits per heavy atom. The van der Waals surface area contributed by atoms with Crippen molar-refractivity contribution in [1.29, 1.82) is 0 Å². The van der Waals surface area contributed by atoms with Crippen LogP contribution in [-0.4, -0.2) is 44.0 Å². The number of imide groups is 1. The third-order valence-electron chi connectivity index (χ3n) is 3.79. The Morgan fingerprint density at radius 2 is 2.04 bits per heavy atom. The van der Waals surface area contributed by atoms with Crippen molar-refractivity contribution in [2.45, 2.75) is 25.0 Å². The van der Waals surface area contributed by atoms with Gasteiger partial charge in [-0.2, -0.15) is 0 Å². The number of hydrogen-bond donors (Lipinski definition) is 2. The van der Waals surface area contributed by atoms with Crippen LogP contribution >= 0.6 is 23.1 Å². The first kappa shape index (κ1) is 20.0. The number of nitrogens with zero attached hydrogens (tertiary/aromatic N) is 4. The van der Waals surface area contributed by atoms with E-state index in [0.717, 1.165) is 17.8 Å². The maximum absolute atomic E-state index is 12.0. The third kappa shape index (κ3) is 5.40. The minimum Gasteiger partial charge on any atom is -0.337 e. The Kier molecular flexibility index (Phi) is 7.15. The zero-order chi connectivity index (χ0) is 19.8. The summed E-state index contributed by atoms with van der Waals surface area (Å²) in [5.41, 5.74) is 0.908. The van der Waals surface area contributed by atoms with Gasteiger partial charge in [0.2, 0.25) is 5.91 Å². The second-order valence-electron chi connectivity index (χ2n) is 5.71. The molecule has 0 saturated carbocycles. The highest BCUT2D eigenvalue weighted by Gasteiger charge is 2.15. The molecule has 28 heavy (non-hydrogen) atoms. The number of carbonyl (C=O) groups is 2. The molecule has 0 fully saturated rings. The Hall–Kier alpha value is -2.72. The topological polar surface area (TPSA) is 102 Å². The van der Waals surface area contributed by atoms with Crippen LogP contribution in [0.15, 0.2) is 47.2 Å². The standard InChI is InChI=1S/C18H20N6O2S2/c1-2-24-16(13-5-8-19-9-6-13)22-23-18(24)28-12-15(25)21-17(26)20-10-7-14-4-3-11-27-14/h3-6,8-9,11H,2,7,10,12H2,1H3,(H2,20,21,25,26). The first-order chi connectivity index (χ1) is 13.7. The van der Waals surface area contributed by atoms with Crippen LogP contribution in [0.1, 0.15) is 11.8 Å². The summed E-state index contributed by atoms with van der Waals surface area (Å²) >= 11 is 2.88. The number of nitrogens with one attached hydrogen (secondary N) is 2. The number of aromatic nitrogens is 4. The first-order valence-electron chi connectivity index (χ1n) is 8.74. The third-order valence-corrected chi connectivity index (χ3v) is 5.70. The summed E-state index contributed by atoms with van der Waals surface area (Å²) in [4.78, 5) is 29.0. The second kappa shape index (κ2) is 10.00. The minimum absolute atomic E-state index is 0.0762. The fourth-order valence-corrected chi connectivity index (χ4v) is 4.00. The number of hydrogen-bond acceptors (Lipinski definition) is 7. The number of thiophene rings is 1. The lowest BCUT2D eigenvalue weighted by atomic mass is 10.2. The van der Waals surface area contributed by atoms with Crippen molar-refractivity contribution in [3.8, 4) is 11.4 Å². The maximum atomic E-state index is 12.0. The van der Waals surface area contributed by atoms with Crippen LogP contribution in [0.3, 0.4) is 0 Å². The SMILES string of the molecule is CCn1c(SCC(=O)NC(=O)NCCc2cccs2)nnc1-c1ccncc1. The summed E-state index contributed by atoms with van der Waals surface area (Å²) in [7, 11) is 0. The Labute approximate surface area is 170 Å². The number of carbonyl (C=O) groups excluding carboxylic acids is 2. The average molecular weight is 417 g/mol. The summed E-state index contributed by atoms with van der Waals surface area (Å²) in [6.07, 6.45) is 4.13. The predicted octanol–water partition coefficient (Wildman–Crippen LogP) is 2.58. The summed E-state index contributed by atoms with van der Waals surface area (Å²) in [5, 5.41) is 16.0. The quantitative estimate of drug-likeness (QED) is 0.547. The molecule has 0 spiro atoms. The van der Waals surface area contributed by atoms with Crippen LogP contribution in [0, 0.1) is 0 Å². The van der Waals surface area contributed by atoms with Gasteiger partial charge in [-0.05, 0) is 36.9 Å². The number of urea groups is 1. The van der Waals surface area contributed by atoms with Crippen molar-refractivity contribution < 1.29 is 9.59 Å². The molecule has 0 unspecified atom stereocenters. The van der Waals surface area contributed by atoms with Gasteiger partial charge in [-0.1, -0.05) is 17.8 Å². The highest BCUT2D eigenvalue weighted by molar-refractivity contribution is 7.99. The largest absolute Gasteiger partial charge is 0.337 e. The number of amides is 3. The van der Waals surface area contributed by atoms with E-state index in [2.05, 4.69) is 25.8 Å². The lowest BCUT2D eigenvalue weighted by Crippen LogP contribution is -2.41. The molecule has 146 valence electrons. The highest BCUT2D eigenvalue weighted by Crippen LogP contribution is 2.23. The first-order valence-corrected chi connectivity index (χ1v) is 10.6. The molecule has 0 aliphatic carbocycles. The van der Waals surface area contributed by atoms with E-state index >= 15 is 0 Å². The average Bonchev–Trinajstić information content (AvgIpc) is 3.36. The van der Waals surface area contributed by atoms with Crippen LogP contribution in [0.2, 0.25) is 0 Å². The molecule has 3 amide bonds. The molecule has 10 heteroatoms. The summed E-state index contributed by atoms with van der Waals surface area (Å²) in [5.74, 6) is 0.418. The molecule has 0 atom stereocenters. The van der Waals surface area contributed by atoms with Gasteiger partial charge in [0.25, 0.3) is 0 Å². The minimum atomic E-state index is -0.489. The number of rotatable bonds is 8. The smallest absolute Gasteiger partial charge is 0.321 e. The molecule has 0 aliphatic rings. The molecular weight excluding hydrogens is 396 g/mol. The molecule has 3 aromatic rings. The zero-order valence-corrected chi connectivity index (χ0v) is 16.9. The second-order valence-corrected chi connectivity index (χ2v) is 7.68. The van der Waals surface area contributed by atoms with Crippen molar-refractivity contribution in [3.63, 3.8) is 0 Å². The van der Waals surface area contributed by atoms with Gasteiger partial charge in [0.05, 0.1) is 5.75 Å². The van der Waals surface area contributed by atoms with E-state index in [1.807, 2.05) is 41.1 Å². The number of pyridine rings is 1. The molecule has 3 rings (SSSR count). The van der Waals surface area contributed by atoms with Crippen LogP contribution in [0.4, 0.5) is 4.79 Å². The zero-order valence-electron chi connectivity index (χ0n) is 15.3. The maximum Gasteiger partial charge on any atom is 0.321 e. The molecular formula is C18H20N6O2S2. The van der Waals surface area contributed by atoms with Gasteiger partial charge in [-0.3, -0.25) is 15.1 Å². The molecule has 3 heterocycles. The fourth-order valence-electron chi connectivity index (χ4n) is 2.49. The molecule has 8 nitrogen and oxygen atoms in total. The van der Waals surface area contributed by atoms with E-state index in [9.17, 15) is 9.59 Å².